The summed E-state index contributed by atoms with van der Waals surface area (Å²) >= 11 is 5.96. The molecular formula is C15H19ClN2O3. The zero-order chi connectivity index (χ0) is 15.8. The summed E-state index contributed by atoms with van der Waals surface area (Å²) in [6.45, 7) is 5.11. The molecular weight excluding hydrogens is 292 g/mol. The number of nitrogens with one attached hydrogen (secondary N) is 1. The largest absolute Gasteiger partial charge is 0.390 e. The summed E-state index contributed by atoms with van der Waals surface area (Å²) in [4.78, 5) is 25.8. The van der Waals surface area contributed by atoms with Crippen LogP contribution in [0.4, 0.5) is 4.79 Å². The van der Waals surface area contributed by atoms with Crippen molar-refractivity contribution in [3.8, 4) is 0 Å². The number of nitrogens with zero attached hydrogens (tertiary/aromatic N) is 1. The third kappa shape index (κ3) is 3.19. The van der Waals surface area contributed by atoms with Crippen molar-refractivity contribution >= 4 is 23.5 Å². The first kappa shape index (κ1) is 15.8. The van der Waals surface area contributed by atoms with E-state index in [1.165, 1.54) is 0 Å². The number of carbonyl (C=O) groups excluding carboxylic acids is 2. The summed E-state index contributed by atoms with van der Waals surface area (Å²) in [5.41, 5.74) is -1.42. The van der Waals surface area contributed by atoms with Gasteiger partial charge in [0.15, 0.2) is 0 Å². The smallest absolute Gasteiger partial charge is 0.325 e. The molecule has 0 aromatic heterocycles. The molecule has 1 aliphatic heterocycles. The maximum atomic E-state index is 12.6. The molecule has 1 aromatic carbocycles. The maximum Gasteiger partial charge on any atom is 0.325 e. The van der Waals surface area contributed by atoms with Gasteiger partial charge in [-0.25, -0.2) is 4.79 Å². The molecule has 1 aliphatic rings. The Kier molecular flexibility index (Phi) is 4.00. The molecule has 0 saturated carbocycles. The van der Waals surface area contributed by atoms with E-state index in [9.17, 15) is 14.7 Å². The van der Waals surface area contributed by atoms with Crippen LogP contribution in [0.25, 0.3) is 0 Å². The fourth-order valence-corrected chi connectivity index (χ4v) is 2.47. The van der Waals surface area contributed by atoms with Gasteiger partial charge < -0.3 is 10.4 Å². The van der Waals surface area contributed by atoms with E-state index in [2.05, 4.69) is 5.32 Å². The molecule has 114 valence electrons. The van der Waals surface area contributed by atoms with Crippen molar-refractivity contribution in [1.82, 2.24) is 10.2 Å². The lowest BCUT2D eigenvalue weighted by atomic mass is 9.92. The SMILES string of the molecule is CC(C)(O)CCN1C(=O)NC(C)(c2cccc(Cl)c2)C1=O. The minimum Gasteiger partial charge on any atom is -0.390 e. The molecule has 21 heavy (non-hydrogen) atoms. The number of urea groups is 1. The first-order valence-electron chi connectivity index (χ1n) is 6.76. The Labute approximate surface area is 128 Å². The van der Waals surface area contributed by atoms with Crippen LogP contribution in [-0.2, 0) is 10.3 Å². The molecule has 0 radical (unpaired) electrons. The summed E-state index contributed by atoms with van der Waals surface area (Å²) < 4.78 is 0. The molecule has 1 heterocycles. The Morgan fingerprint density at radius 3 is 2.62 bits per heavy atom. The second-order valence-corrected chi connectivity index (χ2v) is 6.52. The molecule has 1 fully saturated rings. The number of hydrogen-bond donors (Lipinski definition) is 2. The number of imide groups is 1. The average molecular weight is 311 g/mol. The van der Waals surface area contributed by atoms with Crippen molar-refractivity contribution in [1.29, 1.82) is 0 Å². The molecule has 0 spiro atoms. The van der Waals surface area contributed by atoms with E-state index in [0.29, 0.717) is 17.0 Å². The topological polar surface area (TPSA) is 69.6 Å². The molecule has 0 aliphatic carbocycles. The highest BCUT2D eigenvalue weighted by molar-refractivity contribution is 6.30. The third-order valence-corrected chi connectivity index (χ3v) is 3.86. The molecule has 1 aromatic rings. The van der Waals surface area contributed by atoms with E-state index in [0.717, 1.165) is 4.90 Å². The number of rotatable bonds is 4. The lowest BCUT2D eigenvalue weighted by molar-refractivity contribution is -0.131. The molecule has 1 unspecified atom stereocenters. The second kappa shape index (κ2) is 5.31. The standard InChI is InChI=1S/C15H19ClN2O3/c1-14(2,21)7-8-18-12(19)15(3,17-13(18)20)10-5-4-6-11(16)9-10/h4-6,9,21H,7-8H2,1-3H3,(H,17,20). The highest BCUT2D eigenvalue weighted by Crippen LogP contribution is 2.30. The zero-order valence-electron chi connectivity index (χ0n) is 12.3. The van der Waals surface area contributed by atoms with Gasteiger partial charge in [0.2, 0.25) is 0 Å². The molecule has 1 atom stereocenters. The van der Waals surface area contributed by atoms with Gasteiger partial charge in [-0.3, -0.25) is 9.69 Å². The number of carbonyl (C=O) groups is 2. The van der Waals surface area contributed by atoms with Crippen LogP contribution in [0.3, 0.4) is 0 Å². The fourth-order valence-electron chi connectivity index (χ4n) is 2.28. The first-order valence-corrected chi connectivity index (χ1v) is 7.14. The Hall–Kier alpha value is -1.59. The minimum absolute atomic E-state index is 0.171. The van der Waals surface area contributed by atoms with Gasteiger partial charge in [-0.1, -0.05) is 23.7 Å². The third-order valence-electron chi connectivity index (χ3n) is 3.62. The van der Waals surface area contributed by atoms with Gasteiger partial charge in [0, 0.05) is 11.6 Å². The summed E-state index contributed by atoms with van der Waals surface area (Å²) in [7, 11) is 0. The lowest BCUT2D eigenvalue weighted by Gasteiger charge is -2.24. The summed E-state index contributed by atoms with van der Waals surface area (Å²) in [6.07, 6.45) is 0.317. The van der Waals surface area contributed by atoms with Gasteiger partial charge in [-0.2, -0.15) is 0 Å². The Bertz CT molecular complexity index is 583. The summed E-state index contributed by atoms with van der Waals surface area (Å²) in [5, 5.41) is 13.0. The Balaban J connectivity index is 2.24. The van der Waals surface area contributed by atoms with Crippen molar-refractivity contribution in [3.63, 3.8) is 0 Å². The molecule has 1 saturated heterocycles. The van der Waals surface area contributed by atoms with E-state index < -0.39 is 17.2 Å². The van der Waals surface area contributed by atoms with E-state index in [-0.39, 0.29) is 12.5 Å². The first-order chi connectivity index (χ1) is 9.63. The van der Waals surface area contributed by atoms with Gasteiger partial charge in [-0.15, -0.1) is 0 Å². The van der Waals surface area contributed by atoms with Crippen LogP contribution in [0.1, 0.15) is 32.8 Å². The minimum atomic E-state index is -1.12. The Morgan fingerprint density at radius 1 is 1.38 bits per heavy atom. The van der Waals surface area contributed by atoms with Gasteiger partial charge in [0.05, 0.1) is 5.60 Å². The van der Waals surface area contributed by atoms with Crippen LogP contribution in [0.2, 0.25) is 5.02 Å². The van der Waals surface area contributed by atoms with E-state index in [1.54, 1.807) is 45.0 Å². The number of halogens is 1. The average Bonchev–Trinajstić information content (AvgIpc) is 2.58. The number of hydrogen-bond acceptors (Lipinski definition) is 3. The lowest BCUT2D eigenvalue weighted by Crippen LogP contribution is -2.41. The van der Waals surface area contributed by atoms with Gasteiger partial charge in [-0.05, 0) is 44.9 Å². The van der Waals surface area contributed by atoms with Crippen molar-refractivity contribution in [3.05, 3.63) is 34.9 Å². The summed E-state index contributed by atoms with van der Waals surface area (Å²) in [5.74, 6) is -0.334. The van der Waals surface area contributed by atoms with Gasteiger partial charge in [0.25, 0.3) is 5.91 Å². The normalized spacial score (nSPS) is 22.6. The monoisotopic (exact) mass is 310 g/mol. The predicted molar refractivity (Wildman–Crippen MR) is 80.0 cm³/mol. The number of benzene rings is 1. The van der Waals surface area contributed by atoms with E-state index >= 15 is 0 Å². The van der Waals surface area contributed by atoms with Crippen LogP contribution < -0.4 is 5.32 Å². The fraction of sp³-hybridized carbons (Fsp3) is 0.467. The zero-order valence-corrected chi connectivity index (χ0v) is 13.1. The molecule has 2 N–H and O–H groups in total. The second-order valence-electron chi connectivity index (χ2n) is 6.08. The highest BCUT2D eigenvalue weighted by atomic mass is 35.5. The number of amides is 3. The molecule has 2 rings (SSSR count). The quantitative estimate of drug-likeness (QED) is 0.838. The van der Waals surface area contributed by atoms with E-state index in [1.807, 2.05) is 0 Å². The number of aliphatic hydroxyl groups is 1. The van der Waals surface area contributed by atoms with Gasteiger partial charge in [0.1, 0.15) is 5.54 Å². The predicted octanol–water partition coefficient (Wildman–Crippen LogP) is 2.27. The van der Waals surface area contributed by atoms with E-state index in [4.69, 9.17) is 11.6 Å². The van der Waals surface area contributed by atoms with Crippen molar-refractivity contribution < 1.29 is 14.7 Å². The molecule has 0 bridgehead atoms. The summed E-state index contributed by atoms with van der Waals surface area (Å²) in [6, 6.07) is 6.42. The van der Waals surface area contributed by atoms with Gasteiger partial charge >= 0.3 is 6.03 Å². The van der Waals surface area contributed by atoms with Crippen molar-refractivity contribution in [2.45, 2.75) is 38.3 Å². The van der Waals surface area contributed by atoms with Crippen LogP contribution in [0.15, 0.2) is 24.3 Å². The Morgan fingerprint density at radius 2 is 2.05 bits per heavy atom. The van der Waals surface area contributed by atoms with Crippen LogP contribution in [-0.4, -0.2) is 34.1 Å². The van der Waals surface area contributed by atoms with Crippen LogP contribution >= 0.6 is 11.6 Å². The highest BCUT2D eigenvalue weighted by Gasteiger charge is 2.49. The van der Waals surface area contributed by atoms with Crippen LogP contribution in [0, 0.1) is 0 Å². The van der Waals surface area contributed by atoms with Crippen molar-refractivity contribution in [2.24, 2.45) is 0 Å². The molecule has 5 nitrogen and oxygen atoms in total. The maximum absolute atomic E-state index is 12.6. The molecule has 6 heteroatoms. The van der Waals surface area contributed by atoms with Crippen molar-refractivity contribution in [2.75, 3.05) is 6.54 Å². The molecule has 3 amide bonds. The van der Waals surface area contributed by atoms with Crippen LogP contribution in [0.5, 0.6) is 0 Å².